The van der Waals surface area contributed by atoms with Crippen molar-refractivity contribution >= 4 is 43.6 Å². The average molecular weight is 721 g/mol. The van der Waals surface area contributed by atoms with Crippen molar-refractivity contribution in [3.05, 3.63) is 181 Å². The zero-order chi connectivity index (χ0) is 37.0. The fourth-order valence-electron chi connectivity index (χ4n) is 9.37. The van der Waals surface area contributed by atoms with Gasteiger partial charge in [0.25, 0.3) is 0 Å². The summed E-state index contributed by atoms with van der Waals surface area (Å²) in [4.78, 5) is 11.2. The SMILES string of the molecule is c1ccc(-c2ccc(C3CCCCC3)c(-c3nc(-c4ccccc4-n4c5ccccc5c5ccccc54)cc(-n4c5ccccc5c5ccccc54)n3)c2)cc1. The van der Waals surface area contributed by atoms with Crippen LogP contribution in [0, 0.1) is 0 Å². The van der Waals surface area contributed by atoms with Gasteiger partial charge in [-0.25, -0.2) is 9.97 Å². The van der Waals surface area contributed by atoms with E-state index < -0.39 is 0 Å². The van der Waals surface area contributed by atoms with Crippen LogP contribution >= 0.6 is 0 Å². The van der Waals surface area contributed by atoms with Crippen molar-refractivity contribution in [3.63, 3.8) is 0 Å². The summed E-state index contributed by atoms with van der Waals surface area (Å²) in [6.07, 6.45) is 6.19. The van der Waals surface area contributed by atoms with Crippen LogP contribution in [0.25, 0.3) is 88.9 Å². The predicted molar refractivity (Wildman–Crippen MR) is 233 cm³/mol. The summed E-state index contributed by atoms with van der Waals surface area (Å²) < 4.78 is 4.75. The average Bonchev–Trinajstić information content (AvgIpc) is 3.80. The molecule has 1 aliphatic rings. The maximum atomic E-state index is 5.63. The van der Waals surface area contributed by atoms with Crippen molar-refractivity contribution in [2.45, 2.75) is 38.0 Å². The Bertz CT molecular complexity index is 2970. The molecule has 0 amide bonds. The lowest BCUT2D eigenvalue weighted by molar-refractivity contribution is 0.444. The fraction of sp³-hybridized carbons (Fsp3) is 0.115. The van der Waals surface area contributed by atoms with Crippen molar-refractivity contribution in [2.75, 3.05) is 0 Å². The van der Waals surface area contributed by atoms with Crippen LogP contribution in [-0.4, -0.2) is 19.1 Å². The van der Waals surface area contributed by atoms with Crippen LogP contribution in [0.3, 0.4) is 0 Å². The molecule has 0 unspecified atom stereocenters. The highest BCUT2D eigenvalue weighted by atomic mass is 15.1. The van der Waals surface area contributed by atoms with E-state index in [1.165, 1.54) is 81.4 Å². The number of aromatic nitrogens is 4. The molecular weight excluding hydrogens is 681 g/mol. The Labute approximate surface area is 326 Å². The minimum Gasteiger partial charge on any atom is -0.309 e. The van der Waals surface area contributed by atoms with Crippen LogP contribution in [0.15, 0.2) is 176 Å². The van der Waals surface area contributed by atoms with Crippen molar-refractivity contribution in [1.29, 1.82) is 0 Å². The molecule has 268 valence electrons. The summed E-state index contributed by atoms with van der Waals surface area (Å²) in [5, 5.41) is 4.90. The first-order valence-electron chi connectivity index (χ1n) is 20.0. The van der Waals surface area contributed by atoms with Crippen LogP contribution in [0.2, 0.25) is 0 Å². The van der Waals surface area contributed by atoms with Crippen molar-refractivity contribution < 1.29 is 0 Å². The van der Waals surface area contributed by atoms with E-state index in [-0.39, 0.29) is 0 Å². The van der Waals surface area contributed by atoms with Gasteiger partial charge in [-0.2, -0.15) is 0 Å². The Hall–Kier alpha value is -6.78. The van der Waals surface area contributed by atoms with Gasteiger partial charge in [0.1, 0.15) is 5.82 Å². The van der Waals surface area contributed by atoms with E-state index in [0.717, 1.165) is 45.2 Å². The maximum absolute atomic E-state index is 5.63. The first-order chi connectivity index (χ1) is 27.8. The van der Waals surface area contributed by atoms with E-state index in [2.05, 4.69) is 185 Å². The third-order valence-electron chi connectivity index (χ3n) is 12.0. The molecule has 0 saturated heterocycles. The maximum Gasteiger partial charge on any atom is 0.162 e. The lowest BCUT2D eigenvalue weighted by Crippen LogP contribution is -2.09. The minimum atomic E-state index is 0.470. The van der Waals surface area contributed by atoms with E-state index >= 15 is 0 Å². The number of hydrogen-bond donors (Lipinski definition) is 0. The first kappa shape index (κ1) is 32.6. The highest BCUT2D eigenvalue weighted by molar-refractivity contribution is 6.10. The highest BCUT2D eigenvalue weighted by Gasteiger charge is 2.24. The molecule has 10 aromatic rings. The number of hydrogen-bond acceptors (Lipinski definition) is 2. The number of benzene rings is 7. The largest absolute Gasteiger partial charge is 0.309 e. The summed E-state index contributed by atoms with van der Waals surface area (Å²) in [7, 11) is 0. The summed E-state index contributed by atoms with van der Waals surface area (Å²) in [6.45, 7) is 0. The Morgan fingerprint density at radius 3 is 1.57 bits per heavy atom. The minimum absolute atomic E-state index is 0.470. The van der Waals surface area contributed by atoms with Crippen LogP contribution in [0.1, 0.15) is 43.6 Å². The molecule has 11 rings (SSSR count). The Balaban J connectivity index is 1.22. The Morgan fingerprint density at radius 1 is 0.411 bits per heavy atom. The second-order valence-corrected chi connectivity index (χ2v) is 15.2. The van der Waals surface area contributed by atoms with Crippen LogP contribution in [-0.2, 0) is 0 Å². The third-order valence-corrected chi connectivity index (χ3v) is 12.0. The molecule has 0 atom stereocenters. The fourth-order valence-corrected chi connectivity index (χ4v) is 9.37. The van der Waals surface area contributed by atoms with Gasteiger partial charge in [-0.05, 0) is 71.8 Å². The van der Waals surface area contributed by atoms with Gasteiger partial charge >= 0.3 is 0 Å². The number of nitrogens with zero attached hydrogens (tertiary/aromatic N) is 4. The van der Waals surface area contributed by atoms with Gasteiger partial charge in [0.05, 0.1) is 33.4 Å². The topological polar surface area (TPSA) is 35.6 Å². The molecule has 4 nitrogen and oxygen atoms in total. The molecule has 3 heterocycles. The zero-order valence-corrected chi connectivity index (χ0v) is 31.1. The molecule has 7 aromatic carbocycles. The second-order valence-electron chi connectivity index (χ2n) is 15.2. The van der Waals surface area contributed by atoms with E-state index in [9.17, 15) is 0 Å². The third kappa shape index (κ3) is 5.36. The van der Waals surface area contributed by atoms with Crippen LogP contribution in [0.4, 0.5) is 0 Å². The second kappa shape index (κ2) is 13.5. The van der Waals surface area contributed by atoms with E-state index in [1.807, 2.05) is 0 Å². The van der Waals surface area contributed by atoms with Gasteiger partial charge in [-0.15, -0.1) is 0 Å². The number of para-hydroxylation sites is 5. The van der Waals surface area contributed by atoms with Crippen LogP contribution < -0.4 is 0 Å². The van der Waals surface area contributed by atoms with Gasteiger partial charge in [-0.1, -0.05) is 153 Å². The molecule has 0 radical (unpaired) electrons. The molecule has 0 bridgehead atoms. The summed E-state index contributed by atoms with van der Waals surface area (Å²) in [5.41, 5.74) is 12.5. The van der Waals surface area contributed by atoms with Gasteiger partial charge in [0.15, 0.2) is 5.82 Å². The van der Waals surface area contributed by atoms with Gasteiger partial charge in [0, 0.05) is 38.7 Å². The Morgan fingerprint density at radius 2 is 0.946 bits per heavy atom. The standard InChI is InChI=1S/C52H40N4/c1-3-17-35(18-4-1)37-31-32-38(36-19-5-2-6-20-36)44(33-37)52-53-45(34-51(54-52)56-48-28-14-9-23-41(48)42-24-10-15-29-49(42)56)43-25-11-16-30-50(43)55-46-26-12-7-21-39(46)40-22-8-13-27-47(40)55/h1,3-4,7-18,21-34,36H,2,5-6,19-20H2. The molecule has 0 aliphatic heterocycles. The monoisotopic (exact) mass is 720 g/mol. The predicted octanol–water partition coefficient (Wildman–Crippen LogP) is 13.7. The van der Waals surface area contributed by atoms with Gasteiger partial charge < -0.3 is 4.57 Å². The molecular formula is C52H40N4. The smallest absolute Gasteiger partial charge is 0.162 e. The first-order valence-corrected chi connectivity index (χ1v) is 20.0. The summed E-state index contributed by atoms with van der Waals surface area (Å²) >= 11 is 0. The lowest BCUT2D eigenvalue weighted by Gasteiger charge is -2.25. The lowest BCUT2D eigenvalue weighted by atomic mass is 9.81. The molecule has 3 aromatic heterocycles. The van der Waals surface area contributed by atoms with E-state index in [1.54, 1.807) is 0 Å². The van der Waals surface area contributed by atoms with Crippen molar-refractivity contribution in [3.8, 4) is 45.3 Å². The van der Waals surface area contributed by atoms with E-state index in [4.69, 9.17) is 9.97 Å². The molecule has 1 saturated carbocycles. The molecule has 1 fully saturated rings. The summed E-state index contributed by atoms with van der Waals surface area (Å²) in [6, 6.07) is 63.5. The Kier molecular flexibility index (Phi) is 7.87. The number of fused-ring (bicyclic) bond motifs is 6. The normalized spacial score (nSPS) is 13.6. The molecule has 4 heteroatoms. The zero-order valence-electron chi connectivity index (χ0n) is 31.1. The molecule has 0 spiro atoms. The van der Waals surface area contributed by atoms with Gasteiger partial charge in [-0.3, -0.25) is 4.57 Å². The molecule has 0 N–H and O–H groups in total. The number of rotatable bonds is 6. The van der Waals surface area contributed by atoms with Crippen LogP contribution in [0.5, 0.6) is 0 Å². The highest BCUT2D eigenvalue weighted by Crippen LogP contribution is 2.42. The molecule has 1 aliphatic carbocycles. The summed E-state index contributed by atoms with van der Waals surface area (Å²) in [5.74, 6) is 2.09. The van der Waals surface area contributed by atoms with Crippen molar-refractivity contribution in [2.24, 2.45) is 0 Å². The van der Waals surface area contributed by atoms with E-state index in [0.29, 0.717) is 5.92 Å². The molecule has 56 heavy (non-hydrogen) atoms. The van der Waals surface area contributed by atoms with Crippen molar-refractivity contribution in [1.82, 2.24) is 19.1 Å². The quantitative estimate of drug-likeness (QED) is 0.171. The van der Waals surface area contributed by atoms with Gasteiger partial charge in [0.2, 0.25) is 0 Å².